The van der Waals surface area contributed by atoms with Crippen molar-refractivity contribution in [2.24, 2.45) is 17.8 Å². The number of hydrogen-bond acceptors (Lipinski definition) is 1. The van der Waals surface area contributed by atoms with Gasteiger partial charge in [0.15, 0.2) is 0 Å². The molecule has 2 aliphatic rings. The molecule has 3 rings (SSSR count). The molecule has 132 valence electrons. The summed E-state index contributed by atoms with van der Waals surface area (Å²) >= 11 is 0. The molecule has 2 fully saturated rings. The number of rotatable bonds is 5. The van der Waals surface area contributed by atoms with Crippen LogP contribution in [0.4, 0.5) is 0 Å². The van der Waals surface area contributed by atoms with Crippen LogP contribution in [-0.2, 0) is 4.74 Å². The average Bonchev–Trinajstić information content (AvgIpc) is 2.63. The van der Waals surface area contributed by atoms with Crippen molar-refractivity contribution in [3.05, 3.63) is 47.5 Å². The Labute approximate surface area is 148 Å². The Kier molecular flexibility index (Phi) is 6.54. The van der Waals surface area contributed by atoms with E-state index in [0.29, 0.717) is 0 Å². The number of hydrogen-bond donors (Lipinski definition) is 0. The summed E-state index contributed by atoms with van der Waals surface area (Å²) in [5.41, 5.74) is 2.95. The van der Waals surface area contributed by atoms with Gasteiger partial charge in [-0.3, -0.25) is 0 Å². The minimum absolute atomic E-state index is 0.767. The van der Waals surface area contributed by atoms with E-state index >= 15 is 0 Å². The Morgan fingerprint density at radius 2 is 1.46 bits per heavy atom. The molecular weight excluding hydrogens is 292 g/mol. The summed E-state index contributed by atoms with van der Waals surface area (Å²) < 4.78 is 5.12. The van der Waals surface area contributed by atoms with Crippen LogP contribution in [0.5, 0.6) is 0 Å². The molecule has 2 aliphatic carbocycles. The molecule has 0 amide bonds. The maximum absolute atomic E-state index is 5.12. The lowest BCUT2D eigenvalue weighted by molar-refractivity contribution is 0.171. The van der Waals surface area contributed by atoms with Gasteiger partial charge in [-0.05, 0) is 87.5 Å². The Hall–Kier alpha value is -1.08. The molecule has 0 spiro atoms. The highest BCUT2D eigenvalue weighted by molar-refractivity contribution is 5.24. The molecule has 1 aromatic rings. The van der Waals surface area contributed by atoms with Gasteiger partial charge < -0.3 is 4.74 Å². The lowest BCUT2D eigenvalue weighted by Gasteiger charge is -2.37. The quantitative estimate of drug-likeness (QED) is 0.579. The van der Waals surface area contributed by atoms with Crippen molar-refractivity contribution in [1.82, 2.24) is 0 Å². The number of ether oxygens (including phenoxy) is 1. The zero-order valence-corrected chi connectivity index (χ0v) is 15.5. The summed E-state index contributed by atoms with van der Waals surface area (Å²) in [6.45, 7) is 2.95. The van der Waals surface area contributed by atoms with Gasteiger partial charge in [0.25, 0.3) is 0 Å². The largest absolute Gasteiger partial charge is 0.381 e. The van der Waals surface area contributed by atoms with Crippen LogP contribution in [0.25, 0.3) is 0 Å². The highest BCUT2D eigenvalue weighted by Gasteiger charge is 2.30. The third-order valence-electron chi connectivity index (χ3n) is 6.47. The Morgan fingerprint density at radius 3 is 2.04 bits per heavy atom. The smallest absolute Gasteiger partial charge is 0.0643 e. The van der Waals surface area contributed by atoms with Crippen molar-refractivity contribution < 1.29 is 4.74 Å². The zero-order chi connectivity index (χ0) is 16.8. The predicted molar refractivity (Wildman–Crippen MR) is 102 cm³/mol. The van der Waals surface area contributed by atoms with Crippen LogP contribution >= 0.6 is 0 Å². The molecule has 0 unspecified atom stereocenters. The van der Waals surface area contributed by atoms with Gasteiger partial charge in [0, 0.05) is 7.11 Å². The summed E-state index contributed by atoms with van der Waals surface area (Å²) in [5, 5.41) is 0. The fraction of sp³-hybridized carbons (Fsp3) is 0.652. The summed E-state index contributed by atoms with van der Waals surface area (Å²) in [6.07, 6.45) is 16.0. The first kappa shape index (κ1) is 17.7. The van der Waals surface area contributed by atoms with E-state index in [1.165, 1.54) is 56.9 Å². The normalized spacial score (nSPS) is 31.4. The summed E-state index contributed by atoms with van der Waals surface area (Å²) in [7, 11) is 1.77. The minimum atomic E-state index is 0.767. The van der Waals surface area contributed by atoms with Gasteiger partial charge in [-0.25, -0.2) is 0 Å². The second kappa shape index (κ2) is 8.85. The van der Waals surface area contributed by atoms with Crippen LogP contribution in [-0.4, -0.2) is 13.7 Å². The molecule has 2 saturated carbocycles. The third kappa shape index (κ3) is 4.72. The molecule has 0 bridgehead atoms. The van der Waals surface area contributed by atoms with Crippen LogP contribution in [0.3, 0.4) is 0 Å². The molecule has 1 aromatic carbocycles. The van der Waals surface area contributed by atoms with Crippen molar-refractivity contribution in [2.45, 2.75) is 64.2 Å². The van der Waals surface area contributed by atoms with Crippen LogP contribution in [0, 0.1) is 24.7 Å². The first-order valence-electron chi connectivity index (χ1n) is 9.98. The second-order valence-electron chi connectivity index (χ2n) is 8.08. The van der Waals surface area contributed by atoms with Gasteiger partial charge in [-0.2, -0.15) is 0 Å². The molecule has 0 N–H and O–H groups in total. The summed E-state index contributed by atoms with van der Waals surface area (Å²) in [5.74, 6) is 3.61. The Balaban J connectivity index is 1.43. The van der Waals surface area contributed by atoms with Gasteiger partial charge in [0.05, 0.1) is 6.61 Å². The highest BCUT2D eigenvalue weighted by atomic mass is 16.5. The molecule has 0 aliphatic heterocycles. The van der Waals surface area contributed by atoms with Crippen LogP contribution < -0.4 is 0 Å². The highest BCUT2D eigenvalue weighted by Crippen LogP contribution is 2.44. The summed E-state index contributed by atoms with van der Waals surface area (Å²) in [6, 6.07) is 9.27. The van der Waals surface area contributed by atoms with E-state index in [4.69, 9.17) is 4.74 Å². The van der Waals surface area contributed by atoms with Crippen LogP contribution in [0.1, 0.15) is 68.4 Å². The lowest BCUT2D eigenvalue weighted by atomic mass is 9.68. The van der Waals surface area contributed by atoms with Crippen LogP contribution in [0.2, 0.25) is 0 Å². The third-order valence-corrected chi connectivity index (χ3v) is 6.47. The van der Waals surface area contributed by atoms with E-state index in [2.05, 4.69) is 43.3 Å². The fourth-order valence-corrected chi connectivity index (χ4v) is 4.92. The molecule has 0 atom stereocenters. The second-order valence-corrected chi connectivity index (χ2v) is 8.08. The Morgan fingerprint density at radius 1 is 0.875 bits per heavy atom. The van der Waals surface area contributed by atoms with Gasteiger partial charge in [-0.15, -0.1) is 0 Å². The standard InChI is InChI=1S/C23H34O/c1-18-5-9-20(10-6-18)22-13-15-23(16-14-22)21-11-7-19(8-12-21)4-3-17-24-2/h3-6,9-10,19,21-23H,7-8,11-17H2,1-2H3/b4-3+. The van der Waals surface area contributed by atoms with Gasteiger partial charge in [0.2, 0.25) is 0 Å². The van der Waals surface area contributed by atoms with Crippen LogP contribution in [0.15, 0.2) is 36.4 Å². The molecule has 0 saturated heterocycles. The van der Waals surface area contributed by atoms with E-state index in [9.17, 15) is 0 Å². The first-order valence-corrected chi connectivity index (χ1v) is 9.98. The van der Waals surface area contributed by atoms with E-state index in [-0.39, 0.29) is 0 Å². The number of benzene rings is 1. The van der Waals surface area contributed by atoms with Crippen molar-refractivity contribution in [2.75, 3.05) is 13.7 Å². The van der Waals surface area contributed by atoms with E-state index in [1.807, 2.05) is 0 Å². The topological polar surface area (TPSA) is 9.23 Å². The van der Waals surface area contributed by atoms with E-state index in [1.54, 1.807) is 12.7 Å². The number of aryl methyl sites for hydroxylation is 1. The average molecular weight is 327 g/mol. The van der Waals surface area contributed by atoms with Crippen molar-refractivity contribution >= 4 is 0 Å². The molecule has 0 heterocycles. The zero-order valence-electron chi connectivity index (χ0n) is 15.5. The maximum Gasteiger partial charge on any atom is 0.0643 e. The van der Waals surface area contributed by atoms with Gasteiger partial charge in [0.1, 0.15) is 0 Å². The predicted octanol–water partition coefficient (Wildman–Crippen LogP) is 6.28. The molecular formula is C23H34O. The van der Waals surface area contributed by atoms with Gasteiger partial charge >= 0.3 is 0 Å². The fourth-order valence-electron chi connectivity index (χ4n) is 4.92. The molecule has 24 heavy (non-hydrogen) atoms. The minimum Gasteiger partial charge on any atom is -0.381 e. The maximum atomic E-state index is 5.12. The van der Waals surface area contributed by atoms with E-state index < -0.39 is 0 Å². The first-order chi connectivity index (χ1) is 11.8. The van der Waals surface area contributed by atoms with Crippen molar-refractivity contribution in [1.29, 1.82) is 0 Å². The van der Waals surface area contributed by atoms with E-state index in [0.717, 1.165) is 30.3 Å². The number of allylic oxidation sites excluding steroid dienone is 1. The summed E-state index contributed by atoms with van der Waals surface area (Å²) in [4.78, 5) is 0. The molecule has 0 aromatic heterocycles. The molecule has 1 heteroatoms. The van der Waals surface area contributed by atoms with Crippen molar-refractivity contribution in [3.63, 3.8) is 0 Å². The Bertz CT molecular complexity index is 499. The molecule has 1 nitrogen and oxygen atoms in total. The van der Waals surface area contributed by atoms with Gasteiger partial charge in [-0.1, -0.05) is 42.0 Å². The monoisotopic (exact) mass is 326 g/mol. The number of methoxy groups -OCH3 is 1. The van der Waals surface area contributed by atoms with Crippen molar-refractivity contribution in [3.8, 4) is 0 Å². The molecule has 0 radical (unpaired) electrons. The lowest BCUT2D eigenvalue weighted by Crippen LogP contribution is -2.25. The SMILES string of the molecule is COC/C=C/C1CCC(C2CCC(c3ccc(C)cc3)CC2)CC1.